The molecule has 0 amide bonds. The molecule has 0 radical (unpaired) electrons. The average molecular weight is 261 g/mol. The van der Waals surface area contributed by atoms with Crippen molar-refractivity contribution in [2.24, 2.45) is 5.73 Å². The first kappa shape index (κ1) is 12.9. The number of benzene rings is 1. The standard InChI is InChI=1S/C16H23NO2/c1-12-5-6-14-13(9-12)16(18,11-17)10-15(19-14)7-3-2-4-8-15/h5-6,9,18H,2-4,7-8,10-11,17H2,1H3. The third kappa shape index (κ3) is 2.15. The molecule has 1 fully saturated rings. The molecule has 0 bridgehead atoms. The molecule has 1 spiro atoms. The molecule has 1 heterocycles. The minimum atomic E-state index is -0.934. The monoisotopic (exact) mass is 261 g/mol. The molecule has 0 saturated heterocycles. The van der Waals surface area contributed by atoms with Crippen molar-refractivity contribution in [2.45, 2.75) is 56.7 Å². The van der Waals surface area contributed by atoms with Crippen molar-refractivity contribution in [2.75, 3.05) is 6.54 Å². The van der Waals surface area contributed by atoms with Crippen LogP contribution < -0.4 is 10.5 Å². The predicted octanol–water partition coefficient (Wildman–Crippen LogP) is 2.63. The van der Waals surface area contributed by atoms with Crippen molar-refractivity contribution < 1.29 is 9.84 Å². The molecule has 19 heavy (non-hydrogen) atoms. The molecular formula is C16H23NO2. The maximum Gasteiger partial charge on any atom is 0.126 e. The summed E-state index contributed by atoms with van der Waals surface area (Å²) >= 11 is 0. The van der Waals surface area contributed by atoms with Crippen molar-refractivity contribution in [3.8, 4) is 5.75 Å². The van der Waals surface area contributed by atoms with Gasteiger partial charge in [0.1, 0.15) is 17.0 Å². The molecule has 1 aliphatic heterocycles. The van der Waals surface area contributed by atoms with Gasteiger partial charge in [-0.2, -0.15) is 0 Å². The van der Waals surface area contributed by atoms with E-state index in [9.17, 15) is 5.11 Å². The van der Waals surface area contributed by atoms with Crippen molar-refractivity contribution in [3.05, 3.63) is 29.3 Å². The Bertz CT molecular complexity index is 480. The Morgan fingerprint density at radius 3 is 2.68 bits per heavy atom. The summed E-state index contributed by atoms with van der Waals surface area (Å²) in [7, 11) is 0. The van der Waals surface area contributed by atoms with Crippen molar-refractivity contribution in [1.82, 2.24) is 0 Å². The molecule has 1 aromatic carbocycles. The van der Waals surface area contributed by atoms with Gasteiger partial charge in [-0.15, -0.1) is 0 Å². The third-order valence-corrected chi connectivity index (χ3v) is 4.68. The zero-order chi connectivity index (χ0) is 13.5. The van der Waals surface area contributed by atoms with Gasteiger partial charge >= 0.3 is 0 Å². The van der Waals surface area contributed by atoms with E-state index >= 15 is 0 Å². The number of hydrogen-bond donors (Lipinski definition) is 2. The van der Waals surface area contributed by atoms with Gasteiger partial charge in [0.05, 0.1) is 0 Å². The highest BCUT2D eigenvalue weighted by Crippen LogP contribution is 2.48. The van der Waals surface area contributed by atoms with Crippen LogP contribution in [-0.2, 0) is 5.60 Å². The predicted molar refractivity (Wildman–Crippen MR) is 75.2 cm³/mol. The molecule has 1 unspecified atom stereocenters. The molecule has 1 atom stereocenters. The summed E-state index contributed by atoms with van der Waals surface area (Å²) in [6.45, 7) is 2.29. The Kier molecular flexibility index (Phi) is 3.06. The lowest BCUT2D eigenvalue weighted by Crippen LogP contribution is -2.52. The molecule has 1 aliphatic carbocycles. The molecule has 0 aromatic heterocycles. The molecule has 3 heteroatoms. The Hall–Kier alpha value is -1.06. The Morgan fingerprint density at radius 2 is 2.00 bits per heavy atom. The molecule has 3 N–H and O–H groups in total. The highest BCUT2D eigenvalue weighted by Gasteiger charge is 2.48. The Labute approximate surface area is 114 Å². The van der Waals surface area contributed by atoms with Crippen molar-refractivity contribution >= 4 is 0 Å². The van der Waals surface area contributed by atoms with Crippen LogP contribution in [0.15, 0.2) is 18.2 Å². The third-order valence-electron chi connectivity index (χ3n) is 4.68. The maximum atomic E-state index is 11.0. The molecular weight excluding hydrogens is 238 g/mol. The average Bonchev–Trinajstić information content (AvgIpc) is 2.41. The van der Waals surface area contributed by atoms with Gasteiger partial charge in [0, 0.05) is 18.5 Å². The van der Waals surface area contributed by atoms with E-state index in [2.05, 4.69) is 0 Å². The van der Waals surface area contributed by atoms with E-state index in [0.717, 1.165) is 29.7 Å². The lowest BCUT2D eigenvalue weighted by molar-refractivity contribution is -0.0894. The van der Waals surface area contributed by atoms with Gasteiger partial charge in [0.25, 0.3) is 0 Å². The van der Waals surface area contributed by atoms with E-state index in [4.69, 9.17) is 10.5 Å². The van der Waals surface area contributed by atoms with Gasteiger partial charge in [-0.3, -0.25) is 0 Å². The van der Waals surface area contributed by atoms with Crippen LogP contribution in [-0.4, -0.2) is 17.3 Å². The number of fused-ring (bicyclic) bond motifs is 1. The zero-order valence-electron chi connectivity index (χ0n) is 11.6. The molecule has 1 saturated carbocycles. The van der Waals surface area contributed by atoms with Crippen molar-refractivity contribution in [1.29, 1.82) is 0 Å². The highest BCUT2D eigenvalue weighted by molar-refractivity contribution is 5.44. The van der Waals surface area contributed by atoms with Crippen molar-refractivity contribution in [3.63, 3.8) is 0 Å². The summed E-state index contributed by atoms with van der Waals surface area (Å²) < 4.78 is 6.30. The fraction of sp³-hybridized carbons (Fsp3) is 0.625. The lowest BCUT2D eigenvalue weighted by Gasteiger charge is -2.48. The molecule has 2 aliphatic rings. The van der Waals surface area contributed by atoms with E-state index in [1.54, 1.807) is 0 Å². The Morgan fingerprint density at radius 1 is 1.26 bits per heavy atom. The number of nitrogens with two attached hydrogens (primary N) is 1. The fourth-order valence-corrected chi connectivity index (χ4v) is 3.65. The number of aryl methyl sites for hydroxylation is 1. The molecule has 3 rings (SSSR count). The fourth-order valence-electron chi connectivity index (χ4n) is 3.65. The highest BCUT2D eigenvalue weighted by atomic mass is 16.5. The second-order valence-corrected chi connectivity index (χ2v) is 6.26. The second kappa shape index (κ2) is 4.50. The maximum absolute atomic E-state index is 11.0. The first-order valence-electron chi connectivity index (χ1n) is 7.30. The normalized spacial score (nSPS) is 28.8. The summed E-state index contributed by atoms with van der Waals surface area (Å²) in [5, 5.41) is 11.0. The SMILES string of the molecule is Cc1ccc2c(c1)C(O)(CN)CC1(CCCCC1)O2. The van der Waals surface area contributed by atoms with Crippen LogP contribution in [0, 0.1) is 6.92 Å². The second-order valence-electron chi connectivity index (χ2n) is 6.26. The topological polar surface area (TPSA) is 55.5 Å². The van der Waals surface area contributed by atoms with Crippen LogP contribution in [0.2, 0.25) is 0 Å². The van der Waals surface area contributed by atoms with E-state index < -0.39 is 5.60 Å². The number of ether oxygens (including phenoxy) is 1. The van der Waals surface area contributed by atoms with Crippen LogP contribution in [0.4, 0.5) is 0 Å². The van der Waals surface area contributed by atoms with Crippen LogP contribution >= 0.6 is 0 Å². The van der Waals surface area contributed by atoms with E-state index in [1.807, 2.05) is 25.1 Å². The van der Waals surface area contributed by atoms with Crippen LogP contribution in [0.25, 0.3) is 0 Å². The van der Waals surface area contributed by atoms with Gasteiger partial charge in [-0.05, 0) is 44.7 Å². The first-order valence-corrected chi connectivity index (χ1v) is 7.30. The minimum Gasteiger partial charge on any atom is -0.487 e. The van der Waals surface area contributed by atoms with E-state index in [-0.39, 0.29) is 12.1 Å². The largest absolute Gasteiger partial charge is 0.487 e. The summed E-state index contributed by atoms with van der Waals surface area (Å²) in [6, 6.07) is 6.04. The van der Waals surface area contributed by atoms with Gasteiger partial charge in [-0.1, -0.05) is 18.1 Å². The smallest absolute Gasteiger partial charge is 0.126 e. The number of rotatable bonds is 1. The lowest BCUT2D eigenvalue weighted by atomic mass is 9.72. The zero-order valence-corrected chi connectivity index (χ0v) is 11.6. The first-order chi connectivity index (χ1) is 9.07. The number of hydrogen-bond acceptors (Lipinski definition) is 3. The summed E-state index contributed by atoms with van der Waals surface area (Å²) in [5.74, 6) is 0.826. The Balaban J connectivity index is 2.04. The summed E-state index contributed by atoms with van der Waals surface area (Å²) in [4.78, 5) is 0. The van der Waals surface area contributed by atoms with E-state index in [0.29, 0.717) is 6.42 Å². The number of aliphatic hydroxyl groups is 1. The van der Waals surface area contributed by atoms with Crippen LogP contribution in [0.1, 0.15) is 49.7 Å². The van der Waals surface area contributed by atoms with Gasteiger partial charge in [0.2, 0.25) is 0 Å². The van der Waals surface area contributed by atoms with E-state index in [1.165, 1.54) is 19.3 Å². The van der Waals surface area contributed by atoms with Crippen LogP contribution in [0.5, 0.6) is 5.75 Å². The van der Waals surface area contributed by atoms with Crippen LogP contribution in [0.3, 0.4) is 0 Å². The molecule has 3 nitrogen and oxygen atoms in total. The van der Waals surface area contributed by atoms with Gasteiger partial charge in [-0.25, -0.2) is 0 Å². The van der Waals surface area contributed by atoms with Gasteiger partial charge < -0.3 is 15.6 Å². The minimum absolute atomic E-state index is 0.200. The molecule has 1 aromatic rings. The quantitative estimate of drug-likeness (QED) is 0.817. The van der Waals surface area contributed by atoms with Gasteiger partial charge in [0.15, 0.2) is 0 Å². The summed E-state index contributed by atoms with van der Waals surface area (Å²) in [6.07, 6.45) is 6.33. The summed E-state index contributed by atoms with van der Waals surface area (Å²) in [5.41, 5.74) is 6.75. The molecule has 104 valence electrons.